The van der Waals surface area contributed by atoms with Crippen LogP contribution in [0.2, 0.25) is 0 Å². The van der Waals surface area contributed by atoms with Gasteiger partial charge in [-0.25, -0.2) is 0 Å². The highest BCUT2D eigenvalue weighted by Gasteiger charge is 2.68. The third-order valence-corrected chi connectivity index (χ3v) is 2.86. The number of methoxy groups -OCH3 is 1. The van der Waals surface area contributed by atoms with E-state index in [0.29, 0.717) is 12.0 Å². The van der Waals surface area contributed by atoms with Crippen LogP contribution in [-0.2, 0) is 4.74 Å². The lowest BCUT2D eigenvalue weighted by molar-refractivity contribution is -0.285. The van der Waals surface area contributed by atoms with Crippen molar-refractivity contribution in [1.82, 2.24) is 0 Å². The van der Waals surface area contributed by atoms with E-state index in [1.54, 1.807) is 7.11 Å². The van der Waals surface area contributed by atoms with Crippen LogP contribution >= 0.6 is 0 Å². The molecular formula is C7H12O2. The first-order valence-corrected chi connectivity index (χ1v) is 3.40. The van der Waals surface area contributed by atoms with Gasteiger partial charge in [-0.3, -0.25) is 0 Å². The van der Waals surface area contributed by atoms with Crippen LogP contribution < -0.4 is 0 Å². The van der Waals surface area contributed by atoms with Gasteiger partial charge >= 0.3 is 0 Å². The lowest BCUT2D eigenvalue weighted by atomic mass is 9.41. The number of hydrogen-bond donors (Lipinski definition) is 1. The van der Waals surface area contributed by atoms with E-state index in [4.69, 9.17) is 9.84 Å². The van der Waals surface area contributed by atoms with Crippen LogP contribution in [0.15, 0.2) is 0 Å². The van der Waals surface area contributed by atoms with Gasteiger partial charge < -0.3 is 9.84 Å². The molecule has 0 radical (unpaired) electrons. The molecule has 0 aromatic rings. The third kappa shape index (κ3) is 0.485. The van der Waals surface area contributed by atoms with Gasteiger partial charge in [0.2, 0.25) is 0 Å². The summed E-state index contributed by atoms with van der Waals surface area (Å²) in [5.74, 6) is 0. The molecule has 52 valence electrons. The summed E-state index contributed by atoms with van der Waals surface area (Å²) in [5, 5.41) is 8.84. The smallest absolute Gasteiger partial charge is 0.0697 e. The summed E-state index contributed by atoms with van der Waals surface area (Å²) < 4.78 is 5.26. The van der Waals surface area contributed by atoms with Crippen LogP contribution in [-0.4, -0.2) is 24.4 Å². The summed E-state index contributed by atoms with van der Waals surface area (Å²) in [4.78, 5) is 0. The minimum absolute atomic E-state index is 0.211. The van der Waals surface area contributed by atoms with Gasteiger partial charge in [-0.15, -0.1) is 0 Å². The first-order valence-electron chi connectivity index (χ1n) is 3.40. The first kappa shape index (κ1) is 5.69. The Morgan fingerprint density at radius 1 is 1.44 bits per heavy atom. The molecule has 3 fully saturated rings. The van der Waals surface area contributed by atoms with Crippen LogP contribution in [0.1, 0.15) is 19.3 Å². The zero-order valence-electron chi connectivity index (χ0n) is 5.68. The van der Waals surface area contributed by atoms with Crippen molar-refractivity contribution in [3.05, 3.63) is 0 Å². The Bertz CT molecular complexity index is 108. The van der Waals surface area contributed by atoms with E-state index in [1.165, 1.54) is 0 Å². The molecule has 2 nitrogen and oxygen atoms in total. The molecule has 3 rings (SSSR count). The maximum absolute atomic E-state index is 8.84. The van der Waals surface area contributed by atoms with Crippen molar-refractivity contribution in [2.24, 2.45) is 5.41 Å². The lowest BCUT2D eigenvalue weighted by Gasteiger charge is -2.68. The van der Waals surface area contributed by atoms with Gasteiger partial charge in [-0.05, 0) is 19.3 Å². The van der Waals surface area contributed by atoms with Gasteiger partial charge in [0.25, 0.3) is 0 Å². The average Bonchev–Trinajstić information content (AvgIpc) is 1.62. The summed E-state index contributed by atoms with van der Waals surface area (Å²) in [6.07, 6.45) is 3.27. The van der Waals surface area contributed by atoms with E-state index in [-0.39, 0.29) is 5.60 Å². The van der Waals surface area contributed by atoms with Gasteiger partial charge in [0.15, 0.2) is 0 Å². The molecule has 0 amide bonds. The van der Waals surface area contributed by atoms with E-state index in [2.05, 4.69) is 0 Å². The van der Waals surface area contributed by atoms with Gasteiger partial charge in [-0.2, -0.15) is 0 Å². The fraction of sp³-hybridized carbons (Fsp3) is 1.00. The molecule has 9 heavy (non-hydrogen) atoms. The fourth-order valence-electron chi connectivity index (χ4n) is 2.28. The van der Waals surface area contributed by atoms with Crippen molar-refractivity contribution in [2.45, 2.75) is 24.9 Å². The minimum atomic E-state index is 0.211. The maximum Gasteiger partial charge on any atom is 0.0697 e. The molecule has 2 heteroatoms. The minimum Gasteiger partial charge on any atom is -0.396 e. The Kier molecular flexibility index (Phi) is 0.837. The van der Waals surface area contributed by atoms with Crippen LogP contribution in [0.4, 0.5) is 0 Å². The highest BCUT2D eigenvalue weighted by molar-refractivity contribution is 5.19. The summed E-state index contributed by atoms with van der Waals surface area (Å²) in [7, 11) is 1.76. The van der Waals surface area contributed by atoms with E-state index in [9.17, 15) is 0 Å². The molecule has 0 saturated heterocycles. The summed E-state index contributed by atoms with van der Waals surface area (Å²) in [6, 6.07) is 0. The number of ether oxygens (including phenoxy) is 1. The molecule has 1 N–H and O–H groups in total. The molecular weight excluding hydrogens is 116 g/mol. The number of rotatable bonds is 2. The predicted octanol–water partition coefficient (Wildman–Crippen LogP) is 0.548. The highest BCUT2D eigenvalue weighted by atomic mass is 16.5. The van der Waals surface area contributed by atoms with E-state index in [1.807, 2.05) is 0 Å². The van der Waals surface area contributed by atoms with Crippen LogP contribution in [0.3, 0.4) is 0 Å². The number of aliphatic hydroxyl groups excluding tert-OH is 1. The standard InChI is InChI=1S/C7H12O2/c1-9-7-2-6(3-7,4-7)5-8/h8H,2-5H2,1H3. The Morgan fingerprint density at radius 3 is 2.33 bits per heavy atom. The van der Waals surface area contributed by atoms with Gasteiger partial charge in [0.1, 0.15) is 0 Å². The summed E-state index contributed by atoms with van der Waals surface area (Å²) in [6.45, 7) is 0.359. The van der Waals surface area contributed by atoms with Crippen molar-refractivity contribution in [2.75, 3.05) is 13.7 Å². The largest absolute Gasteiger partial charge is 0.396 e. The molecule has 3 saturated carbocycles. The Labute approximate surface area is 54.8 Å². The van der Waals surface area contributed by atoms with Crippen molar-refractivity contribution in [1.29, 1.82) is 0 Å². The predicted molar refractivity (Wildman–Crippen MR) is 33.1 cm³/mol. The average molecular weight is 128 g/mol. The monoisotopic (exact) mass is 128 g/mol. The third-order valence-electron chi connectivity index (χ3n) is 2.86. The van der Waals surface area contributed by atoms with Crippen molar-refractivity contribution >= 4 is 0 Å². The van der Waals surface area contributed by atoms with Gasteiger partial charge in [0, 0.05) is 19.1 Å². The van der Waals surface area contributed by atoms with Crippen LogP contribution in [0.5, 0.6) is 0 Å². The Hall–Kier alpha value is -0.0800. The molecule has 0 atom stereocenters. The summed E-state index contributed by atoms with van der Waals surface area (Å²) >= 11 is 0. The molecule has 3 aliphatic carbocycles. The second-order valence-electron chi connectivity index (χ2n) is 3.58. The van der Waals surface area contributed by atoms with E-state index >= 15 is 0 Å². The van der Waals surface area contributed by atoms with Crippen LogP contribution in [0.25, 0.3) is 0 Å². The molecule has 0 heterocycles. The second-order valence-corrected chi connectivity index (χ2v) is 3.58. The second kappa shape index (κ2) is 1.32. The topological polar surface area (TPSA) is 29.5 Å². The summed E-state index contributed by atoms with van der Waals surface area (Å²) in [5.41, 5.74) is 0.513. The first-order chi connectivity index (χ1) is 4.24. The van der Waals surface area contributed by atoms with Gasteiger partial charge in [0.05, 0.1) is 5.60 Å². The van der Waals surface area contributed by atoms with Crippen molar-refractivity contribution in [3.8, 4) is 0 Å². The Balaban J connectivity index is 1.96. The van der Waals surface area contributed by atoms with E-state index < -0.39 is 0 Å². The van der Waals surface area contributed by atoms with Gasteiger partial charge in [-0.1, -0.05) is 0 Å². The zero-order chi connectivity index (χ0) is 6.54. The van der Waals surface area contributed by atoms with Crippen molar-refractivity contribution in [3.63, 3.8) is 0 Å². The molecule has 0 aromatic heterocycles. The maximum atomic E-state index is 8.84. The lowest BCUT2D eigenvalue weighted by Crippen LogP contribution is -2.69. The SMILES string of the molecule is COC12CC(CO)(C1)C2. The zero-order valence-corrected chi connectivity index (χ0v) is 5.68. The highest BCUT2D eigenvalue weighted by Crippen LogP contribution is 2.68. The Morgan fingerprint density at radius 2 is 2.00 bits per heavy atom. The normalized spacial score (nSPS) is 54.0. The van der Waals surface area contributed by atoms with Crippen molar-refractivity contribution < 1.29 is 9.84 Å². The number of aliphatic hydroxyl groups is 1. The molecule has 2 bridgehead atoms. The molecule has 0 unspecified atom stereocenters. The quantitative estimate of drug-likeness (QED) is 0.588. The van der Waals surface area contributed by atoms with E-state index in [0.717, 1.165) is 19.3 Å². The molecule has 0 aromatic carbocycles. The fourth-order valence-corrected chi connectivity index (χ4v) is 2.28. The molecule has 3 aliphatic rings. The van der Waals surface area contributed by atoms with Crippen LogP contribution in [0, 0.1) is 5.41 Å². The molecule has 0 spiro atoms. The number of hydrogen-bond acceptors (Lipinski definition) is 2. The molecule has 0 aliphatic heterocycles.